The summed E-state index contributed by atoms with van der Waals surface area (Å²) in [5.41, 5.74) is 2.32. The monoisotopic (exact) mass is 382 g/mol. The summed E-state index contributed by atoms with van der Waals surface area (Å²) in [6.45, 7) is 6.62. The van der Waals surface area contributed by atoms with Gasteiger partial charge in [0.1, 0.15) is 5.82 Å². The Balaban J connectivity index is 1.69. The molecule has 28 heavy (non-hydrogen) atoms. The van der Waals surface area contributed by atoms with Gasteiger partial charge in [-0.3, -0.25) is 4.79 Å². The number of rotatable bonds is 7. The highest BCUT2D eigenvalue weighted by Gasteiger charge is 2.13. The first-order chi connectivity index (χ1) is 13.4. The fraction of sp³-hybridized carbons (Fsp3) is 0.286. The molecule has 0 fully saturated rings. The SMILES string of the molecule is Cc1ccc(-c2noc(CNc3ccccc3C(=O)NCC(C)C)n2)cc1F. The first kappa shape index (κ1) is 19.5. The average molecular weight is 382 g/mol. The van der Waals surface area contributed by atoms with Crippen LogP contribution in [-0.4, -0.2) is 22.6 Å². The van der Waals surface area contributed by atoms with E-state index < -0.39 is 0 Å². The molecule has 0 aliphatic carbocycles. The molecule has 0 bridgehead atoms. The van der Waals surface area contributed by atoms with Crippen molar-refractivity contribution in [3.05, 3.63) is 65.3 Å². The normalized spacial score (nSPS) is 10.9. The van der Waals surface area contributed by atoms with Crippen LogP contribution >= 0.6 is 0 Å². The molecular weight excluding hydrogens is 359 g/mol. The van der Waals surface area contributed by atoms with E-state index >= 15 is 0 Å². The lowest BCUT2D eigenvalue weighted by Crippen LogP contribution is -2.28. The van der Waals surface area contributed by atoms with Gasteiger partial charge in [-0.2, -0.15) is 4.98 Å². The van der Waals surface area contributed by atoms with Crippen molar-refractivity contribution in [2.45, 2.75) is 27.3 Å². The largest absolute Gasteiger partial charge is 0.375 e. The maximum absolute atomic E-state index is 13.7. The third-order valence-electron chi connectivity index (χ3n) is 4.17. The first-order valence-corrected chi connectivity index (χ1v) is 9.14. The fourth-order valence-electron chi connectivity index (χ4n) is 2.57. The molecule has 2 N–H and O–H groups in total. The van der Waals surface area contributed by atoms with Gasteiger partial charge in [0.2, 0.25) is 11.7 Å². The number of carbonyl (C=O) groups excluding carboxylic acids is 1. The summed E-state index contributed by atoms with van der Waals surface area (Å²) < 4.78 is 19.0. The van der Waals surface area contributed by atoms with Crippen LogP contribution in [0, 0.1) is 18.7 Å². The number of benzene rings is 2. The maximum atomic E-state index is 13.7. The van der Waals surface area contributed by atoms with E-state index in [9.17, 15) is 9.18 Å². The summed E-state index contributed by atoms with van der Waals surface area (Å²) in [6, 6.07) is 12.0. The number of hydrogen-bond acceptors (Lipinski definition) is 5. The van der Waals surface area contributed by atoms with Crippen molar-refractivity contribution in [2.24, 2.45) is 5.92 Å². The Morgan fingerprint density at radius 2 is 2.00 bits per heavy atom. The average Bonchev–Trinajstić information content (AvgIpc) is 3.16. The van der Waals surface area contributed by atoms with E-state index in [1.165, 1.54) is 6.07 Å². The number of para-hydroxylation sites is 1. The smallest absolute Gasteiger partial charge is 0.253 e. The molecule has 1 amide bonds. The summed E-state index contributed by atoms with van der Waals surface area (Å²) >= 11 is 0. The van der Waals surface area contributed by atoms with E-state index in [1.807, 2.05) is 32.0 Å². The van der Waals surface area contributed by atoms with Gasteiger partial charge in [0.25, 0.3) is 5.91 Å². The number of hydrogen-bond donors (Lipinski definition) is 2. The van der Waals surface area contributed by atoms with Crippen LogP contribution in [0.25, 0.3) is 11.4 Å². The minimum absolute atomic E-state index is 0.141. The molecule has 0 atom stereocenters. The predicted molar refractivity (Wildman–Crippen MR) is 105 cm³/mol. The molecule has 3 aromatic rings. The number of anilines is 1. The van der Waals surface area contributed by atoms with Crippen molar-refractivity contribution < 1.29 is 13.7 Å². The minimum atomic E-state index is -0.316. The van der Waals surface area contributed by atoms with Crippen LogP contribution in [-0.2, 0) is 6.54 Å². The van der Waals surface area contributed by atoms with E-state index in [2.05, 4.69) is 20.8 Å². The Morgan fingerprint density at radius 1 is 1.21 bits per heavy atom. The lowest BCUT2D eigenvalue weighted by Gasteiger charge is -2.12. The number of halogens is 1. The van der Waals surface area contributed by atoms with E-state index in [0.717, 1.165) is 0 Å². The van der Waals surface area contributed by atoms with Crippen LogP contribution in [0.2, 0.25) is 0 Å². The zero-order valence-corrected chi connectivity index (χ0v) is 16.1. The Bertz CT molecular complexity index is 969. The van der Waals surface area contributed by atoms with Crippen molar-refractivity contribution in [2.75, 3.05) is 11.9 Å². The zero-order chi connectivity index (χ0) is 20.1. The summed E-state index contributed by atoms with van der Waals surface area (Å²) in [5.74, 6) is 0.570. The highest BCUT2D eigenvalue weighted by Crippen LogP contribution is 2.20. The fourth-order valence-corrected chi connectivity index (χ4v) is 2.57. The van der Waals surface area contributed by atoms with E-state index in [4.69, 9.17) is 4.52 Å². The molecule has 0 saturated heterocycles. The van der Waals surface area contributed by atoms with Crippen molar-refractivity contribution in [1.82, 2.24) is 15.5 Å². The molecule has 1 heterocycles. The number of amides is 1. The van der Waals surface area contributed by atoms with Crippen LogP contribution in [0.15, 0.2) is 47.0 Å². The summed E-state index contributed by atoms with van der Waals surface area (Å²) in [5, 5.41) is 9.96. The minimum Gasteiger partial charge on any atom is -0.375 e. The highest BCUT2D eigenvalue weighted by molar-refractivity contribution is 5.99. The standard InChI is InChI=1S/C21H23FN4O2/c1-13(2)11-24-21(27)16-6-4-5-7-18(16)23-12-19-25-20(26-28-19)15-9-8-14(3)17(22)10-15/h4-10,13,23H,11-12H2,1-3H3,(H,24,27). The Kier molecular flexibility index (Phi) is 6.03. The molecule has 7 heteroatoms. The van der Waals surface area contributed by atoms with Crippen LogP contribution < -0.4 is 10.6 Å². The van der Waals surface area contributed by atoms with Crippen molar-refractivity contribution >= 4 is 11.6 Å². The molecule has 146 valence electrons. The molecule has 0 saturated carbocycles. The van der Waals surface area contributed by atoms with Gasteiger partial charge in [0, 0.05) is 17.8 Å². The molecule has 3 rings (SSSR count). The molecule has 6 nitrogen and oxygen atoms in total. The van der Waals surface area contributed by atoms with Crippen LogP contribution in [0.3, 0.4) is 0 Å². The molecule has 0 unspecified atom stereocenters. The van der Waals surface area contributed by atoms with Crippen LogP contribution in [0.1, 0.15) is 35.7 Å². The maximum Gasteiger partial charge on any atom is 0.253 e. The van der Waals surface area contributed by atoms with Crippen molar-refractivity contribution in [1.29, 1.82) is 0 Å². The zero-order valence-electron chi connectivity index (χ0n) is 16.1. The second kappa shape index (κ2) is 8.65. The Labute approximate surface area is 163 Å². The number of carbonyl (C=O) groups is 1. The number of nitrogens with one attached hydrogen (secondary N) is 2. The predicted octanol–water partition coefficient (Wildman–Crippen LogP) is 4.18. The lowest BCUT2D eigenvalue weighted by atomic mass is 10.1. The Hall–Kier alpha value is -3.22. The molecule has 1 aromatic heterocycles. The van der Waals surface area contributed by atoms with Gasteiger partial charge in [-0.05, 0) is 36.6 Å². The van der Waals surface area contributed by atoms with Crippen molar-refractivity contribution in [3.8, 4) is 11.4 Å². The highest BCUT2D eigenvalue weighted by atomic mass is 19.1. The topological polar surface area (TPSA) is 80.0 Å². The molecule has 0 aliphatic heterocycles. The van der Waals surface area contributed by atoms with Gasteiger partial charge in [-0.15, -0.1) is 0 Å². The number of aromatic nitrogens is 2. The summed E-state index contributed by atoms with van der Waals surface area (Å²) in [4.78, 5) is 16.7. The Morgan fingerprint density at radius 3 is 2.75 bits per heavy atom. The van der Waals surface area contributed by atoms with Gasteiger partial charge in [0.15, 0.2) is 0 Å². The van der Waals surface area contributed by atoms with Crippen LogP contribution in [0.5, 0.6) is 0 Å². The van der Waals surface area contributed by atoms with Crippen LogP contribution in [0.4, 0.5) is 10.1 Å². The summed E-state index contributed by atoms with van der Waals surface area (Å²) in [6.07, 6.45) is 0. The third kappa shape index (κ3) is 4.73. The third-order valence-corrected chi connectivity index (χ3v) is 4.17. The first-order valence-electron chi connectivity index (χ1n) is 9.14. The molecule has 2 aromatic carbocycles. The van der Waals surface area contributed by atoms with Gasteiger partial charge in [-0.1, -0.05) is 43.3 Å². The van der Waals surface area contributed by atoms with Gasteiger partial charge < -0.3 is 15.2 Å². The van der Waals surface area contributed by atoms with E-state index in [0.29, 0.717) is 46.6 Å². The van der Waals surface area contributed by atoms with Crippen molar-refractivity contribution in [3.63, 3.8) is 0 Å². The van der Waals surface area contributed by atoms with E-state index in [1.54, 1.807) is 25.1 Å². The number of aryl methyl sites for hydroxylation is 1. The molecule has 0 spiro atoms. The lowest BCUT2D eigenvalue weighted by molar-refractivity contribution is 0.0949. The molecule has 0 aliphatic rings. The molecule has 0 radical (unpaired) electrons. The molecular formula is C21H23FN4O2. The second-order valence-corrected chi connectivity index (χ2v) is 6.98. The number of nitrogens with zero attached hydrogens (tertiary/aromatic N) is 2. The van der Waals surface area contributed by atoms with Gasteiger partial charge in [0.05, 0.1) is 12.1 Å². The second-order valence-electron chi connectivity index (χ2n) is 6.98. The van der Waals surface area contributed by atoms with E-state index in [-0.39, 0.29) is 18.3 Å². The quantitative estimate of drug-likeness (QED) is 0.641. The summed E-state index contributed by atoms with van der Waals surface area (Å²) in [7, 11) is 0. The van der Waals surface area contributed by atoms with Gasteiger partial charge in [-0.25, -0.2) is 4.39 Å². The van der Waals surface area contributed by atoms with Gasteiger partial charge >= 0.3 is 0 Å².